The van der Waals surface area contributed by atoms with Crippen molar-refractivity contribution in [2.45, 2.75) is 108 Å². The van der Waals surface area contributed by atoms with Crippen molar-refractivity contribution >= 4 is 22.9 Å². The maximum atomic E-state index is 3.49. The average molecular weight is 466 g/mol. The van der Waals surface area contributed by atoms with Crippen LogP contribution < -0.4 is 3.53 Å². The standard InChI is InChI=1S/C23H48IN/c1-12-22(10,16-21(8,9)20(5,6)7)19(4)23(11,17-25-24)15-13-14-18(2)3/h18-19,25H,12-17H2,1-11H3. The Bertz CT molecular complexity index is 382. The molecule has 0 fully saturated rings. The third kappa shape index (κ3) is 7.31. The molecule has 0 aromatic heterocycles. The van der Waals surface area contributed by atoms with E-state index < -0.39 is 0 Å². The van der Waals surface area contributed by atoms with E-state index >= 15 is 0 Å². The molecule has 3 unspecified atom stereocenters. The van der Waals surface area contributed by atoms with Crippen LogP contribution in [0.1, 0.15) is 108 Å². The molecule has 0 aliphatic rings. The molecular weight excluding hydrogens is 417 g/mol. The monoisotopic (exact) mass is 465 g/mol. The first-order valence-corrected chi connectivity index (χ1v) is 11.6. The molecule has 0 bridgehead atoms. The van der Waals surface area contributed by atoms with E-state index in [9.17, 15) is 0 Å². The fourth-order valence-corrected chi connectivity index (χ4v) is 5.10. The maximum Gasteiger partial charge on any atom is 0.0169 e. The highest BCUT2D eigenvalue weighted by molar-refractivity contribution is 14.1. The molecule has 0 saturated carbocycles. The number of rotatable bonds is 11. The van der Waals surface area contributed by atoms with Crippen molar-refractivity contribution in [3.8, 4) is 0 Å². The summed E-state index contributed by atoms with van der Waals surface area (Å²) in [5.41, 5.74) is 1.40. The van der Waals surface area contributed by atoms with Crippen molar-refractivity contribution in [2.24, 2.45) is 33.5 Å². The first-order valence-electron chi connectivity index (χ1n) is 10.5. The molecule has 0 amide bonds. The van der Waals surface area contributed by atoms with Crippen LogP contribution in [-0.2, 0) is 0 Å². The lowest BCUT2D eigenvalue weighted by atomic mass is 9.54. The smallest absolute Gasteiger partial charge is 0.0169 e. The number of hydrogen-bond donors (Lipinski definition) is 1. The number of nitrogens with one attached hydrogen (secondary N) is 1. The second kappa shape index (κ2) is 9.75. The van der Waals surface area contributed by atoms with E-state index in [1.54, 1.807) is 0 Å². The van der Waals surface area contributed by atoms with Crippen LogP contribution in [0.2, 0.25) is 0 Å². The van der Waals surface area contributed by atoms with Crippen molar-refractivity contribution < 1.29 is 0 Å². The number of halogens is 1. The van der Waals surface area contributed by atoms with E-state index in [0.717, 1.165) is 12.5 Å². The third-order valence-corrected chi connectivity index (χ3v) is 8.16. The van der Waals surface area contributed by atoms with Crippen molar-refractivity contribution in [1.29, 1.82) is 0 Å². The molecule has 1 nitrogen and oxygen atoms in total. The highest BCUT2D eigenvalue weighted by Gasteiger charge is 2.46. The van der Waals surface area contributed by atoms with E-state index in [-0.39, 0.29) is 0 Å². The summed E-state index contributed by atoms with van der Waals surface area (Å²) in [6.45, 7) is 28.0. The first kappa shape index (κ1) is 25.7. The zero-order chi connectivity index (χ0) is 20.1. The van der Waals surface area contributed by atoms with E-state index in [4.69, 9.17) is 0 Å². The van der Waals surface area contributed by atoms with Gasteiger partial charge < -0.3 is 0 Å². The summed E-state index contributed by atoms with van der Waals surface area (Å²) in [5, 5.41) is 0. The summed E-state index contributed by atoms with van der Waals surface area (Å²) in [6.07, 6.45) is 6.57. The van der Waals surface area contributed by atoms with E-state index in [1.165, 1.54) is 32.1 Å². The van der Waals surface area contributed by atoms with Gasteiger partial charge in [0.05, 0.1) is 0 Å². The predicted octanol–water partition coefficient (Wildman–Crippen LogP) is 8.27. The van der Waals surface area contributed by atoms with Crippen LogP contribution in [0.25, 0.3) is 0 Å². The lowest BCUT2D eigenvalue weighted by Crippen LogP contribution is -2.46. The second-order valence-electron chi connectivity index (χ2n) is 11.3. The molecule has 3 atom stereocenters. The molecule has 1 N–H and O–H groups in total. The van der Waals surface area contributed by atoms with Gasteiger partial charge in [0.25, 0.3) is 0 Å². The molecule has 0 saturated heterocycles. The van der Waals surface area contributed by atoms with Crippen molar-refractivity contribution in [2.75, 3.05) is 6.54 Å². The van der Waals surface area contributed by atoms with Crippen LogP contribution >= 0.6 is 22.9 Å². The van der Waals surface area contributed by atoms with Crippen LogP contribution in [0.5, 0.6) is 0 Å². The zero-order valence-corrected chi connectivity index (χ0v) is 21.4. The quantitative estimate of drug-likeness (QED) is 0.239. The maximum absolute atomic E-state index is 3.49. The normalized spacial score (nSPS) is 19.6. The van der Waals surface area contributed by atoms with Crippen molar-refractivity contribution in [3.63, 3.8) is 0 Å². The Kier molecular flexibility index (Phi) is 10.0. The highest BCUT2D eigenvalue weighted by Crippen LogP contribution is 2.54. The summed E-state index contributed by atoms with van der Waals surface area (Å²) in [7, 11) is 0. The molecule has 0 aliphatic heterocycles. The molecule has 0 spiro atoms. The lowest BCUT2D eigenvalue weighted by molar-refractivity contribution is -0.0179. The van der Waals surface area contributed by atoms with Gasteiger partial charge in [0.15, 0.2) is 0 Å². The molecule has 2 heteroatoms. The Morgan fingerprint density at radius 1 is 0.880 bits per heavy atom. The topological polar surface area (TPSA) is 12.0 Å². The van der Waals surface area contributed by atoms with Gasteiger partial charge in [-0.05, 0) is 46.3 Å². The van der Waals surface area contributed by atoms with Gasteiger partial charge in [0.2, 0.25) is 0 Å². The Labute approximate surface area is 174 Å². The predicted molar refractivity (Wildman–Crippen MR) is 124 cm³/mol. The summed E-state index contributed by atoms with van der Waals surface area (Å²) < 4.78 is 3.49. The Balaban J connectivity index is 5.48. The van der Waals surface area contributed by atoms with Gasteiger partial charge in [0, 0.05) is 29.4 Å². The molecule has 0 rings (SSSR count). The van der Waals surface area contributed by atoms with Gasteiger partial charge >= 0.3 is 0 Å². The largest absolute Gasteiger partial charge is 0.261 e. The van der Waals surface area contributed by atoms with Crippen LogP contribution in [0.3, 0.4) is 0 Å². The average Bonchev–Trinajstić information content (AvgIpc) is 2.44. The van der Waals surface area contributed by atoms with E-state index in [2.05, 4.69) is 103 Å². The summed E-state index contributed by atoms with van der Waals surface area (Å²) >= 11 is 2.34. The van der Waals surface area contributed by atoms with Crippen LogP contribution in [0, 0.1) is 33.5 Å². The minimum absolute atomic E-state index is 0.332. The molecule has 0 aliphatic carbocycles. The molecule has 25 heavy (non-hydrogen) atoms. The van der Waals surface area contributed by atoms with E-state index in [0.29, 0.717) is 27.6 Å². The van der Waals surface area contributed by atoms with Gasteiger partial charge in [0.1, 0.15) is 0 Å². The van der Waals surface area contributed by atoms with Gasteiger partial charge in [-0.2, -0.15) is 0 Å². The van der Waals surface area contributed by atoms with Gasteiger partial charge in [-0.1, -0.05) is 95.4 Å². The van der Waals surface area contributed by atoms with Crippen LogP contribution in [0.4, 0.5) is 0 Å². The minimum atomic E-state index is 0.332. The van der Waals surface area contributed by atoms with Gasteiger partial charge in [-0.3, -0.25) is 3.53 Å². The minimum Gasteiger partial charge on any atom is -0.261 e. The number of hydrogen-bond acceptors (Lipinski definition) is 1. The molecule has 152 valence electrons. The second-order valence-corrected chi connectivity index (χ2v) is 12.1. The van der Waals surface area contributed by atoms with Crippen molar-refractivity contribution in [1.82, 2.24) is 3.53 Å². The summed E-state index contributed by atoms with van der Waals surface area (Å²) in [5.74, 6) is 1.51. The molecule has 0 aromatic carbocycles. The Hall–Kier alpha value is 0.690. The van der Waals surface area contributed by atoms with Crippen molar-refractivity contribution in [3.05, 3.63) is 0 Å². The SMILES string of the molecule is CCC(C)(CC(C)(C)C(C)(C)C)C(C)C(C)(CCCC(C)C)CNI. The molecular formula is C23H48IN. The third-order valence-electron chi connectivity index (χ3n) is 7.77. The highest BCUT2D eigenvalue weighted by atomic mass is 127. The fourth-order valence-electron chi connectivity index (χ4n) is 4.23. The van der Waals surface area contributed by atoms with E-state index in [1.807, 2.05) is 0 Å². The molecule has 0 heterocycles. The molecule has 0 aromatic rings. The van der Waals surface area contributed by atoms with Crippen LogP contribution in [-0.4, -0.2) is 6.54 Å². The Morgan fingerprint density at radius 3 is 1.76 bits per heavy atom. The Morgan fingerprint density at radius 2 is 1.40 bits per heavy atom. The van der Waals surface area contributed by atoms with Crippen LogP contribution in [0.15, 0.2) is 0 Å². The fraction of sp³-hybridized carbons (Fsp3) is 1.00. The molecule has 0 radical (unpaired) electrons. The van der Waals surface area contributed by atoms with Gasteiger partial charge in [-0.15, -0.1) is 0 Å². The summed E-state index contributed by atoms with van der Waals surface area (Å²) in [6, 6.07) is 0. The first-order chi connectivity index (χ1) is 11.1. The zero-order valence-electron chi connectivity index (χ0n) is 19.3. The lowest BCUT2D eigenvalue weighted by Gasteiger charge is -2.52. The summed E-state index contributed by atoms with van der Waals surface area (Å²) in [4.78, 5) is 0. The van der Waals surface area contributed by atoms with Gasteiger partial charge in [-0.25, -0.2) is 0 Å².